The second-order valence-corrected chi connectivity index (χ2v) is 6.79. The highest BCUT2D eigenvalue weighted by Crippen LogP contribution is 2.36. The maximum Gasteiger partial charge on any atom is 0.265 e. The third-order valence-electron chi connectivity index (χ3n) is 4.67. The highest BCUT2D eigenvalue weighted by molar-refractivity contribution is 7.12. The Morgan fingerprint density at radius 1 is 1.33 bits per heavy atom. The topological polar surface area (TPSA) is 40.5 Å². The number of rotatable bonds is 1. The average molecular weight is 303 g/mol. The van der Waals surface area contributed by atoms with Crippen LogP contribution in [0.15, 0.2) is 11.4 Å². The molecule has 0 bridgehead atoms. The van der Waals surface area contributed by atoms with E-state index in [-0.39, 0.29) is 12.5 Å². The first-order valence-electron chi connectivity index (χ1n) is 7.79. The van der Waals surface area contributed by atoms with Gasteiger partial charge in [-0.15, -0.1) is 11.3 Å². The minimum Gasteiger partial charge on any atom is -0.384 e. The van der Waals surface area contributed by atoms with Gasteiger partial charge in [-0.05, 0) is 43.0 Å². The molecule has 1 aromatic rings. The summed E-state index contributed by atoms with van der Waals surface area (Å²) in [5.41, 5.74) is 0.761. The Kier molecular flexibility index (Phi) is 4.62. The van der Waals surface area contributed by atoms with Crippen LogP contribution in [0.2, 0.25) is 0 Å². The van der Waals surface area contributed by atoms with Crippen molar-refractivity contribution in [1.82, 2.24) is 4.90 Å². The van der Waals surface area contributed by atoms with Crippen molar-refractivity contribution in [2.24, 2.45) is 5.92 Å². The van der Waals surface area contributed by atoms with E-state index < -0.39 is 0 Å². The first-order chi connectivity index (χ1) is 10.3. The molecule has 1 aromatic heterocycles. The maximum atomic E-state index is 12.9. The Labute approximate surface area is 130 Å². The van der Waals surface area contributed by atoms with Gasteiger partial charge in [-0.1, -0.05) is 24.7 Å². The van der Waals surface area contributed by atoms with Gasteiger partial charge in [-0.3, -0.25) is 4.79 Å². The first kappa shape index (κ1) is 14.6. The molecule has 0 radical (unpaired) electrons. The second-order valence-electron chi connectivity index (χ2n) is 5.88. The largest absolute Gasteiger partial charge is 0.384 e. The van der Waals surface area contributed by atoms with Crippen molar-refractivity contribution in [2.75, 3.05) is 13.2 Å². The molecule has 1 amide bonds. The van der Waals surface area contributed by atoms with E-state index in [0.717, 1.165) is 29.8 Å². The lowest BCUT2D eigenvalue weighted by Crippen LogP contribution is -2.49. The fraction of sp³-hybridized carbons (Fsp3) is 0.588. The van der Waals surface area contributed by atoms with Crippen molar-refractivity contribution < 1.29 is 9.90 Å². The lowest BCUT2D eigenvalue weighted by molar-refractivity contribution is 0.0395. The summed E-state index contributed by atoms with van der Waals surface area (Å²) in [6.07, 6.45) is 7.38. The Morgan fingerprint density at radius 2 is 2.14 bits per heavy atom. The Morgan fingerprint density at radius 3 is 3.00 bits per heavy atom. The van der Waals surface area contributed by atoms with Crippen LogP contribution in [0.25, 0.3) is 0 Å². The Balaban J connectivity index is 1.82. The number of piperidine rings is 1. The molecule has 1 aliphatic heterocycles. The monoisotopic (exact) mass is 303 g/mol. The molecule has 1 aliphatic carbocycles. The van der Waals surface area contributed by atoms with Gasteiger partial charge in [-0.25, -0.2) is 0 Å². The van der Waals surface area contributed by atoms with Gasteiger partial charge in [0.25, 0.3) is 5.91 Å². The Hall–Kier alpha value is -1.31. The summed E-state index contributed by atoms with van der Waals surface area (Å²) in [6.45, 7) is 0.711. The van der Waals surface area contributed by atoms with Crippen molar-refractivity contribution in [1.29, 1.82) is 0 Å². The third-order valence-corrected chi connectivity index (χ3v) is 5.57. The van der Waals surface area contributed by atoms with E-state index in [1.54, 1.807) is 0 Å². The van der Waals surface area contributed by atoms with Crippen molar-refractivity contribution >= 4 is 17.2 Å². The zero-order valence-corrected chi connectivity index (χ0v) is 13.0. The number of hydrogen-bond acceptors (Lipinski definition) is 3. The van der Waals surface area contributed by atoms with Gasteiger partial charge in [0.2, 0.25) is 0 Å². The van der Waals surface area contributed by atoms with Gasteiger partial charge in [0.15, 0.2) is 0 Å². The fourth-order valence-electron chi connectivity index (χ4n) is 3.72. The molecule has 2 heterocycles. The number of carbonyl (C=O) groups excluding carboxylic acids is 1. The molecule has 4 heteroatoms. The molecule has 1 saturated carbocycles. The smallest absolute Gasteiger partial charge is 0.265 e. The quantitative estimate of drug-likeness (QED) is 0.810. The van der Waals surface area contributed by atoms with Crippen LogP contribution >= 0.6 is 11.3 Å². The van der Waals surface area contributed by atoms with Crippen LogP contribution in [0.1, 0.15) is 53.8 Å². The van der Waals surface area contributed by atoms with Gasteiger partial charge in [0.1, 0.15) is 11.5 Å². The van der Waals surface area contributed by atoms with Crippen LogP contribution in [0.4, 0.5) is 0 Å². The summed E-state index contributed by atoms with van der Waals surface area (Å²) in [4.78, 5) is 15.7. The molecule has 3 rings (SSSR count). The number of amides is 1. The minimum absolute atomic E-state index is 0.142. The van der Waals surface area contributed by atoms with E-state index in [0.29, 0.717) is 12.0 Å². The predicted molar refractivity (Wildman–Crippen MR) is 84.3 cm³/mol. The molecular weight excluding hydrogens is 282 g/mol. The lowest BCUT2D eigenvalue weighted by atomic mass is 9.78. The molecule has 21 heavy (non-hydrogen) atoms. The zero-order chi connectivity index (χ0) is 14.7. The SMILES string of the molecule is O=C(c1sccc1C#CCO)N1CCC[C@H]2CCCC[C@H]21. The zero-order valence-electron chi connectivity index (χ0n) is 12.2. The highest BCUT2D eigenvalue weighted by Gasteiger charge is 2.36. The van der Waals surface area contributed by atoms with Crippen LogP contribution in [-0.2, 0) is 0 Å². The van der Waals surface area contributed by atoms with E-state index in [4.69, 9.17) is 5.11 Å². The summed E-state index contributed by atoms with van der Waals surface area (Å²) in [5, 5.41) is 10.7. The molecule has 3 nitrogen and oxygen atoms in total. The van der Waals surface area contributed by atoms with E-state index >= 15 is 0 Å². The Bertz CT molecular complexity index is 567. The molecule has 2 atom stereocenters. The molecule has 2 fully saturated rings. The van der Waals surface area contributed by atoms with Crippen LogP contribution < -0.4 is 0 Å². The van der Waals surface area contributed by atoms with Crippen LogP contribution in [0, 0.1) is 17.8 Å². The normalized spacial score (nSPS) is 24.9. The standard InChI is InChI=1S/C17H21NO2S/c19-11-4-7-14-9-12-21-16(14)17(20)18-10-3-6-13-5-1-2-8-15(13)18/h9,12-13,15,19H,1-3,5-6,8,10-11H2/t13-,15-/m1/s1. The molecule has 1 saturated heterocycles. The number of aliphatic hydroxyl groups is 1. The first-order valence-corrected chi connectivity index (χ1v) is 8.67. The van der Waals surface area contributed by atoms with Crippen molar-refractivity contribution in [3.8, 4) is 11.8 Å². The van der Waals surface area contributed by atoms with Gasteiger partial charge in [0.05, 0.1) is 0 Å². The summed E-state index contributed by atoms with van der Waals surface area (Å²) in [7, 11) is 0. The molecular formula is C17H21NO2S. The van der Waals surface area contributed by atoms with Crippen LogP contribution in [-0.4, -0.2) is 35.1 Å². The van der Waals surface area contributed by atoms with E-state index in [2.05, 4.69) is 16.7 Å². The molecule has 0 aromatic carbocycles. The number of carbonyl (C=O) groups is 1. The van der Waals surface area contributed by atoms with Crippen molar-refractivity contribution in [3.05, 3.63) is 21.9 Å². The molecule has 0 unspecified atom stereocenters. The van der Waals surface area contributed by atoms with Gasteiger partial charge in [-0.2, -0.15) is 0 Å². The summed E-state index contributed by atoms with van der Waals surface area (Å²) < 4.78 is 0. The van der Waals surface area contributed by atoms with Crippen molar-refractivity contribution in [2.45, 2.75) is 44.6 Å². The third kappa shape index (κ3) is 3.00. The summed E-state index contributed by atoms with van der Waals surface area (Å²) >= 11 is 1.47. The minimum atomic E-state index is -0.169. The lowest BCUT2D eigenvalue weighted by Gasteiger charge is -2.44. The van der Waals surface area contributed by atoms with Gasteiger partial charge < -0.3 is 10.0 Å². The van der Waals surface area contributed by atoms with E-state index in [1.165, 1.54) is 37.0 Å². The van der Waals surface area contributed by atoms with Crippen LogP contribution in [0.3, 0.4) is 0 Å². The summed E-state index contributed by atoms with van der Waals surface area (Å²) in [6, 6.07) is 2.31. The second kappa shape index (κ2) is 6.64. The average Bonchev–Trinajstić information content (AvgIpc) is 3.00. The molecule has 1 N–H and O–H groups in total. The highest BCUT2D eigenvalue weighted by atomic mass is 32.1. The number of thiophene rings is 1. The summed E-state index contributed by atoms with van der Waals surface area (Å²) in [5.74, 6) is 6.38. The number of aliphatic hydroxyl groups excluding tert-OH is 1. The van der Waals surface area contributed by atoms with Crippen LogP contribution in [0.5, 0.6) is 0 Å². The fourth-order valence-corrected chi connectivity index (χ4v) is 4.52. The van der Waals surface area contributed by atoms with Gasteiger partial charge in [0, 0.05) is 18.2 Å². The van der Waals surface area contributed by atoms with E-state index in [1.807, 2.05) is 11.4 Å². The number of likely N-dealkylation sites (tertiary alicyclic amines) is 1. The van der Waals surface area contributed by atoms with E-state index in [9.17, 15) is 4.79 Å². The number of nitrogens with zero attached hydrogens (tertiary/aromatic N) is 1. The van der Waals surface area contributed by atoms with Gasteiger partial charge >= 0.3 is 0 Å². The molecule has 0 spiro atoms. The molecule has 112 valence electrons. The maximum absolute atomic E-state index is 12.9. The molecule has 2 aliphatic rings. The number of fused-ring (bicyclic) bond motifs is 1. The van der Waals surface area contributed by atoms with Crippen molar-refractivity contribution in [3.63, 3.8) is 0 Å². The number of hydrogen-bond donors (Lipinski definition) is 1. The predicted octanol–water partition coefficient (Wildman–Crippen LogP) is 2.89.